The van der Waals surface area contributed by atoms with Crippen LogP contribution in [0.5, 0.6) is 0 Å². The third-order valence-corrected chi connectivity index (χ3v) is 5.54. The highest BCUT2D eigenvalue weighted by Crippen LogP contribution is 2.41. The average molecular weight is 292 g/mol. The smallest absolute Gasteiger partial charge is 0.208 e. The molecule has 1 saturated carbocycles. The van der Waals surface area contributed by atoms with Gasteiger partial charge in [-0.15, -0.1) is 0 Å². The lowest BCUT2D eigenvalue weighted by molar-refractivity contribution is -0.0636. The highest BCUT2D eigenvalue weighted by Gasteiger charge is 2.43. The third kappa shape index (κ3) is 3.02. The number of hydrogen-bond donors (Lipinski definition) is 1. The van der Waals surface area contributed by atoms with Crippen LogP contribution in [0, 0.1) is 19.8 Å². The van der Waals surface area contributed by atoms with Crippen molar-refractivity contribution in [1.82, 2.24) is 9.88 Å². The van der Waals surface area contributed by atoms with Crippen LogP contribution in [0.4, 0.5) is 0 Å². The summed E-state index contributed by atoms with van der Waals surface area (Å²) in [5.74, 6) is 2.14. The molecule has 21 heavy (non-hydrogen) atoms. The van der Waals surface area contributed by atoms with Gasteiger partial charge in [0.2, 0.25) is 5.89 Å². The molecule has 1 aromatic heterocycles. The Balaban J connectivity index is 1.73. The van der Waals surface area contributed by atoms with Crippen molar-refractivity contribution in [2.45, 2.75) is 77.5 Å². The summed E-state index contributed by atoms with van der Waals surface area (Å²) < 4.78 is 5.75. The molecule has 0 bridgehead atoms. The van der Waals surface area contributed by atoms with Gasteiger partial charge in [0.25, 0.3) is 0 Å². The Labute approximate surface area is 127 Å². The topological polar surface area (TPSA) is 49.5 Å². The number of nitrogens with zero attached hydrogens (tertiary/aromatic N) is 2. The monoisotopic (exact) mass is 292 g/mol. The lowest BCUT2D eigenvalue weighted by atomic mass is 9.72. The van der Waals surface area contributed by atoms with Crippen LogP contribution < -0.4 is 0 Å². The minimum absolute atomic E-state index is 0.394. The summed E-state index contributed by atoms with van der Waals surface area (Å²) in [7, 11) is 0. The van der Waals surface area contributed by atoms with Gasteiger partial charge in [0.1, 0.15) is 5.76 Å². The quantitative estimate of drug-likeness (QED) is 0.929. The Hall–Kier alpha value is -0.870. The maximum atomic E-state index is 10.8. The van der Waals surface area contributed by atoms with Gasteiger partial charge in [-0.2, -0.15) is 0 Å². The Morgan fingerprint density at radius 1 is 1.29 bits per heavy atom. The van der Waals surface area contributed by atoms with Gasteiger partial charge < -0.3 is 9.52 Å². The molecule has 4 heteroatoms. The van der Waals surface area contributed by atoms with E-state index >= 15 is 0 Å². The van der Waals surface area contributed by atoms with Gasteiger partial charge in [-0.05, 0) is 53.0 Å². The van der Waals surface area contributed by atoms with Gasteiger partial charge in [-0.3, -0.25) is 4.90 Å². The Morgan fingerprint density at radius 2 is 2.10 bits per heavy atom. The number of hydrogen-bond acceptors (Lipinski definition) is 4. The SMILES string of the molecule is Cc1nc(CN2CCC[C@@H]2[C@H]2CCCC[C@]2(C)O)oc1C. The van der Waals surface area contributed by atoms with Crippen LogP contribution >= 0.6 is 0 Å². The molecule has 0 unspecified atom stereocenters. The van der Waals surface area contributed by atoms with Crippen molar-refractivity contribution in [1.29, 1.82) is 0 Å². The van der Waals surface area contributed by atoms with Crippen LogP contribution in [0.15, 0.2) is 4.42 Å². The van der Waals surface area contributed by atoms with Crippen LogP contribution in [-0.2, 0) is 6.54 Å². The van der Waals surface area contributed by atoms with Crippen molar-refractivity contribution in [3.05, 3.63) is 17.3 Å². The summed E-state index contributed by atoms with van der Waals surface area (Å²) in [4.78, 5) is 7.00. The van der Waals surface area contributed by atoms with E-state index in [9.17, 15) is 5.11 Å². The Bertz CT molecular complexity index is 475. The number of aliphatic hydroxyl groups is 1. The fourth-order valence-electron chi connectivity index (χ4n) is 4.23. The maximum absolute atomic E-state index is 10.8. The molecule has 2 aliphatic rings. The van der Waals surface area contributed by atoms with Gasteiger partial charge in [-0.25, -0.2) is 4.98 Å². The van der Waals surface area contributed by atoms with Gasteiger partial charge in [0.15, 0.2) is 0 Å². The standard InChI is InChI=1S/C17H28N2O2/c1-12-13(2)21-16(18-12)11-19-10-6-8-15(19)14-7-4-5-9-17(14,3)20/h14-15,20H,4-11H2,1-3H3/t14-,15-,17+/m1/s1. The van der Waals surface area contributed by atoms with Gasteiger partial charge in [-0.1, -0.05) is 12.8 Å². The summed E-state index contributed by atoms with van der Waals surface area (Å²) in [5, 5.41) is 10.8. The van der Waals surface area contributed by atoms with Crippen molar-refractivity contribution >= 4 is 0 Å². The molecular formula is C17H28N2O2. The zero-order chi connectivity index (χ0) is 15.0. The maximum Gasteiger partial charge on any atom is 0.208 e. The number of likely N-dealkylation sites (tertiary alicyclic amines) is 1. The second-order valence-corrected chi connectivity index (χ2v) is 7.14. The first-order valence-electron chi connectivity index (χ1n) is 8.37. The van der Waals surface area contributed by atoms with E-state index in [0.717, 1.165) is 49.7 Å². The Morgan fingerprint density at radius 3 is 2.76 bits per heavy atom. The lowest BCUT2D eigenvalue weighted by Gasteiger charge is -2.43. The van der Waals surface area contributed by atoms with E-state index in [1.165, 1.54) is 19.3 Å². The minimum Gasteiger partial charge on any atom is -0.444 e. The van der Waals surface area contributed by atoms with Gasteiger partial charge in [0, 0.05) is 12.0 Å². The molecule has 118 valence electrons. The van der Waals surface area contributed by atoms with Gasteiger partial charge in [0.05, 0.1) is 17.8 Å². The highest BCUT2D eigenvalue weighted by molar-refractivity contribution is 5.06. The van der Waals surface area contributed by atoms with Crippen LogP contribution in [0.2, 0.25) is 0 Å². The zero-order valence-electron chi connectivity index (χ0n) is 13.6. The molecule has 3 rings (SSSR count). The van der Waals surface area contributed by atoms with Crippen molar-refractivity contribution in [3.63, 3.8) is 0 Å². The third-order valence-electron chi connectivity index (χ3n) is 5.54. The summed E-state index contributed by atoms with van der Waals surface area (Å²) in [5.41, 5.74) is 0.485. The van der Waals surface area contributed by atoms with Crippen LogP contribution in [0.25, 0.3) is 0 Å². The van der Waals surface area contributed by atoms with E-state index < -0.39 is 5.60 Å². The molecule has 0 radical (unpaired) electrons. The fraction of sp³-hybridized carbons (Fsp3) is 0.824. The number of oxazole rings is 1. The fourth-order valence-corrected chi connectivity index (χ4v) is 4.23. The van der Waals surface area contributed by atoms with E-state index in [4.69, 9.17) is 4.42 Å². The number of aromatic nitrogens is 1. The average Bonchev–Trinajstić information content (AvgIpc) is 2.97. The summed E-state index contributed by atoms with van der Waals surface area (Å²) in [6, 6.07) is 0.479. The van der Waals surface area contributed by atoms with E-state index in [-0.39, 0.29) is 0 Å². The van der Waals surface area contributed by atoms with Crippen LogP contribution in [-0.4, -0.2) is 33.2 Å². The molecule has 1 aliphatic heterocycles. The summed E-state index contributed by atoms with van der Waals surface area (Å²) in [6.45, 7) is 7.88. The molecule has 1 aliphatic carbocycles. The summed E-state index contributed by atoms with van der Waals surface area (Å²) >= 11 is 0. The first kappa shape index (κ1) is 15.0. The Kier molecular flexibility index (Phi) is 4.10. The van der Waals surface area contributed by atoms with E-state index in [2.05, 4.69) is 9.88 Å². The first-order valence-corrected chi connectivity index (χ1v) is 8.37. The molecule has 4 nitrogen and oxygen atoms in total. The molecular weight excluding hydrogens is 264 g/mol. The van der Waals surface area contributed by atoms with Crippen LogP contribution in [0.3, 0.4) is 0 Å². The predicted molar refractivity (Wildman–Crippen MR) is 82.0 cm³/mol. The molecule has 1 aromatic rings. The molecule has 3 atom stereocenters. The molecule has 0 amide bonds. The molecule has 1 N–H and O–H groups in total. The number of aryl methyl sites for hydroxylation is 2. The molecule has 0 spiro atoms. The summed E-state index contributed by atoms with van der Waals surface area (Å²) in [6.07, 6.45) is 6.92. The number of rotatable bonds is 3. The molecule has 0 aromatic carbocycles. The normalized spacial score (nSPS) is 34.5. The highest BCUT2D eigenvalue weighted by atomic mass is 16.4. The second-order valence-electron chi connectivity index (χ2n) is 7.14. The molecule has 2 heterocycles. The van der Waals surface area contributed by atoms with Crippen molar-refractivity contribution in [3.8, 4) is 0 Å². The van der Waals surface area contributed by atoms with E-state index in [1.54, 1.807) is 0 Å². The van der Waals surface area contributed by atoms with Crippen LogP contribution in [0.1, 0.15) is 62.8 Å². The minimum atomic E-state index is -0.506. The van der Waals surface area contributed by atoms with Gasteiger partial charge >= 0.3 is 0 Å². The largest absolute Gasteiger partial charge is 0.444 e. The second kappa shape index (κ2) is 5.73. The predicted octanol–water partition coefficient (Wildman–Crippen LogP) is 3.20. The lowest BCUT2D eigenvalue weighted by Crippen LogP contribution is -2.48. The molecule has 2 fully saturated rings. The van der Waals surface area contributed by atoms with E-state index in [0.29, 0.717) is 12.0 Å². The van der Waals surface area contributed by atoms with Crippen molar-refractivity contribution < 1.29 is 9.52 Å². The van der Waals surface area contributed by atoms with Crippen molar-refractivity contribution in [2.75, 3.05) is 6.54 Å². The molecule has 1 saturated heterocycles. The van der Waals surface area contributed by atoms with Crippen molar-refractivity contribution in [2.24, 2.45) is 5.92 Å². The first-order chi connectivity index (χ1) is 9.97. The zero-order valence-corrected chi connectivity index (χ0v) is 13.6. The van der Waals surface area contributed by atoms with E-state index in [1.807, 2.05) is 20.8 Å².